The van der Waals surface area contributed by atoms with Gasteiger partial charge in [-0.3, -0.25) is 0 Å². The summed E-state index contributed by atoms with van der Waals surface area (Å²) in [5, 5.41) is 9.01. The zero-order valence-electron chi connectivity index (χ0n) is 12.0. The highest BCUT2D eigenvalue weighted by Crippen LogP contribution is 2.14. The van der Waals surface area contributed by atoms with Crippen LogP contribution in [0.2, 0.25) is 0 Å². The zero-order valence-corrected chi connectivity index (χ0v) is 12.8. The summed E-state index contributed by atoms with van der Waals surface area (Å²) in [4.78, 5) is 13.0. The first-order valence-electron chi connectivity index (χ1n) is 6.35. The van der Waals surface area contributed by atoms with E-state index in [1.165, 1.54) is 16.8 Å². The third-order valence-corrected chi connectivity index (χ3v) is 4.24. The van der Waals surface area contributed by atoms with Crippen molar-refractivity contribution in [3.63, 3.8) is 0 Å². The molecule has 0 fully saturated rings. The van der Waals surface area contributed by atoms with Crippen molar-refractivity contribution in [3.05, 3.63) is 18.0 Å². The van der Waals surface area contributed by atoms with Gasteiger partial charge in [-0.1, -0.05) is 0 Å². The number of sulfonamides is 1. The maximum Gasteiger partial charge on any atom is 0.352 e. The molecular weight excluding hydrogens is 282 g/mol. The molecule has 1 aromatic heterocycles. The molecule has 0 saturated carbocycles. The van der Waals surface area contributed by atoms with Crippen molar-refractivity contribution in [2.24, 2.45) is 0 Å². The number of carbonyl (C=O) groups is 1. The summed E-state index contributed by atoms with van der Waals surface area (Å²) in [6, 6.07) is 1.18. The lowest BCUT2D eigenvalue weighted by Gasteiger charge is -2.09. The Morgan fingerprint density at radius 1 is 1.45 bits per heavy atom. The van der Waals surface area contributed by atoms with E-state index in [1.54, 1.807) is 6.92 Å². The predicted molar refractivity (Wildman–Crippen MR) is 75.4 cm³/mol. The number of carboxylic acid groups (broad SMARTS) is 1. The maximum absolute atomic E-state index is 12.0. The summed E-state index contributed by atoms with van der Waals surface area (Å²) >= 11 is 0. The lowest BCUT2D eigenvalue weighted by Crippen LogP contribution is -2.27. The summed E-state index contributed by atoms with van der Waals surface area (Å²) in [5.41, 5.74) is -0.0267. The Balaban J connectivity index is 2.80. The van der Waals surface area contributed by atoms with Crippen molar-refractivity contribution >= 4 is 16.0 Å². The van der Waals surface area contributed by atoms with Crippen LogP contribution in [0.4, 0.5) is 0 Å². The zero-order chi connectivity index (χ0) is 15.3. The lowest BCUT2D eigenvalue weighted by molar-refractivity contribution is 0.0685. The minimum Gasteiger partial charge on any atom is -0.477 e. The molecule has 114 valence electrons. The molecule has 0 bridgehead atoms. The summed E-state index contributed by atoms with van der Waals surface area (Å²) < 4.78 is 28.0. The Kier molecular flexibility index (Phi) is 5.73. The highest BCUT2D eigenvalue weighted by molar-refractivity contribution is 7.89. The van der Waals surface area contributed by atoms with Gasteiger partial charge in [0, 0.05) is 19.3 Å². The second kappa shape index (κ2) is 6.87. The van der Waals surface area contributed by atoms with Crippen molar-refractivity contribution in [1.29, 1.82) is 0 Å². The first kappa shape index (κ1) is 16.7. The average Bonchev–Trinajstić information content (AvgIpc) is 2.79. The van der Waals surface area contributed by atoms with E-state index >= 15 is 0 Å². The number of nitrogens with one attached hydrogen (secondary N) is 1. The number of hydrogen-bond acceptors (Lipinski definition) is 4. The summed E-state index contributed by atoms with van der Waals surface area (Å²) in [7, 11) is 0.167. The van der Waals surface area contributed by atoms with E-state index in [4.69, 9.17) is 5.11 Å². The topological polar surface area (TPSA) is 91.6 Å². The molecule has 0 aliphatic rings. The van der Waals surface area contributed by atoms with Gasteiger partial charge >= 0.3 is 5.97 Å². The summed E-state index contributed by atoms with van der Waals surface area (Å²) in [5.74, 6) is -1.14. The minimum atomic E-state index is -3.66. The van der Waals surface area contributed by atoms with E-state index in [2.05, 4.69) is 4.72 Å². The standard InChI is InChI=1S/C12H21N3O4S/c1-4-15-9-10(8-11(15)12(16)17)20(18,19)13-6-5-7-14(2)3/h8-9,13H,4-7H2,1-3H3,(H,16,17). The smallest absolute Gasteiger partial charge is 0.352 e. The largest absolute Gasteiger partial charge is 0.477 e. The number of rotatable bonds is 8. The third-order valence-electron chi connectivity index (χ3n) is 2.82. The molecule has 0 unspecified atom stereocenters. The maximum atomic E-state index is 12.0. The Labute approximate surface area is 119 Å². The van der Waals surface area contributed by atoms with Crippen LogP contribution >= 0.6 is 0 Å². The molecule has 2 N–H and O–H groups in total. The van der Waals surface area contributed by atoms with Gasteiger partial charge in [-0.2, -0.15) is 0 Å². The van der Waals surface area contributed by atoms with Gasteiger partial charge in [0.25, 0.3) is 0 Å². The van der Waals surface area contributed by atoms with E-state index in [0.29, 0.717) is 19.5 Å². The van der Waals surface area contributed by atoms with Gasteiger partial charge in [0.2, 0.25) is 10.0 Å². The van der Waals surface area contributed by atoms with E-state index in [-0.39, 0.29) is 10.6 Å². The number of aromatic carboxylic acids is 1. The molecule has 0 radical (unpaired) electrons. The first-order chi connectivity index (χ1) is 9.27. The van der Waals surface area contributed by atoms with Gasteiger partial charge in [-0.25, -0.2) is 17.9 Å². The molecule has 7 nitrogen and oxygen atoms in total. The normalized spacial score (nSPS) is 12.0. The van der Waals surface area contributed by atoms with Crippen LogP contribution in [-0.2, 0) is 16.6 Å². The van der Waals surface area contributed by atoms with E-state index in [1.807, 2.05) is 19.0 Å². The van der Waals surface area contributed by atoms with Crippen molar-refractivity contribution in [2.75, 3.05) is 27.2 Å². The second-order valence-corrected chi connectivity index (χ2v) is 6.47. The minimum absolute atomic E-state index is 0.0124. The van der Waals surface area contributed by atoms with Crippen LogP contribution in [0.3, 0.4) is 0 Å². The number of aryl methyl sites for hydroxylation is 1. The molecule has 0 aliphatic carbocycles. The molecule has 0 spiro atoms. The van der Waals surface area contributed by atoms with Crippen LogP contribution in [0.25, 0.3) is 0 Å². The van der Waals surface area contributed by atoms with Crippen LogP contribution in [0.5, 0.6) is 0 Å². The number of nitrogens with zero attached hydrogens (tertiary/aromatic N) is 2. The molecule has 8 heteroatoms. The van der Waals surface area contributed by atoms with Crippen molar-refractivity contribution < 1.29 is 18.3 Å². The number of carboxylic acids is 1. The molecule has 0 aliphatic heterocycles. The van der Waals surface area contributed by atoms with Crippen LogP contribution in [0.15, 0.2) is 17.2 Å². The first-order valence-corrected chi connectivity index (χ1v) is 7.84. The molecule has 1 rings (SSSR count). The molecular formula is C12H21N3O4S. The van der Waals surface area contributed by atoms with Crippen molar-refractivity contribution in [2.45, 2.75) is 24.8 Å². The Morgan fingerprint density at radius 3 is 2.55 bits per heavy atom. The summed E-state index contributed by atoms with van der Waals surface area (Å²) in [6.07, 6.45) is 2.03. The van der Waals surface area contributed by atoms with Crippen LogP contribution in [-0.4, -0.2) is 56.1 Å². The summed E-state index contributed by atoms with van der Waals surface area (Å²) in [6.45, 7) is 3.25. The predicted octanol–water partition coefficient (Wildman–Crippen LogP) is 0.436. The fraction of sp³-hybridized carbons (Fsp3) is 0.583. The molecule has 0 atom stereocenters. The van der Waals surface area contributed by atoms with E-state index in [0.717, 1.165) is 6.54 Å². The highest BCUT2D eigenvalue weighted by Gasteiger charge is 2.20. The van der Waals surface area contributed by atoms with Crippen LogP contribution < -0.4 is 4.72 Å². The van der Waals surface area contributed by atoms with Gasteiger partial charge in [0.05, 0.1) is 0 Å². The second-order valence-electron chi connectivity index (χ2n) is 4.71. The van der Waals surface area contributed by atoms with Gasteiger partial charge in [-0.05, 0) is 40.1 Å². The fourth-order valence-electron chi connectivity index (χ4n) is 1.76. The van der Waals surface area contributed by atoms with Gasteiger partial charge in [0.15, 0.2) is 0 Å². The number of aromatic nitrogens is 1. The van der Waals surface area contributed by atoms with E-state index in [9.17, 15) is 13.2 Å². The quantitative estimate of drug-likeness (QED) is 0.680. The van der Waals surface area contributed by atoms with Crippen molar-refractivity contribution in [3.8, 4) is 0 Å². The van der Waals surface area contributed by atoms with Gasteiger partial charge in [0.1, 0.15) is 10.6 Å². The van der Waals surface area contributed by atoms with Crippen LogP contribution in [0.1, 0.15) is 23.8 Å². The molecule has 0 aromatic carbocycles. The Bertz CT molecular complexity index is 563. The Hall–Kier alpha value is -1.38. The van der Waals surface area contributed by atoms with Crippen LogP contribution in [0, 0.1) is 0 Å². The molecule has 0 amide bonds. The van der Waals surface area contributed by atoms with Crippen molar-refractivity contribution in [1.82, 2.24) is 14.2 Å². The molecule has 1 aromatic rings. The average molecular weight is 303 g/mol. The van der Waals surface area contributed by atoms with Gasteiger partial charge < -0.3 is 14.6 Å². The molecule has 0 saturated heterocycles. The monoisotopic (exact) mass is 303 g/mol. The highest BCUT2D eigenvalue weighted by atomic mass is 32.2. The third kappa shape index (κ3) is 4.32. The molecule has 20 heavy (non-hydrogen) atoms. The SMILES string of the molecule is CCn1cc(S(=O)(=O)NCCCN(C)C)cc1C(=O)O. The number of hydrogen-bond donors (Lipinski definition) is 2. The van der Waals surface area contributed by atoms with E-state index < -0.39 is 16.0 Å². The fourth-order valence-corrected chi connectivity index (χ4v) is 2.87. The lowest BCUT2D eigenvalue weighted by atomic mass is 10.4. The molecule has 1 heterocycles. The van der Waals surface area contributed by atoms with Gasteiger partial charge in [-0.15, -0.1) is 0 Å². The Morgan fingerprint density at radius 2 is 2.10 bits per heavy atom.